The topological polar surface area (TPSA) is 41.1 Å². The molecule has 0 spiro atoms. The van der Waals surface area contributed by atoms with Gasteiger partial charge in [-0.15, -0.1) is 0 Å². The number of nitrogens with one attached hydrogen (secondary N) is 2. The highest BCUT2D eigenvalue weighted by atomic mass is 16.2. The average molecular weight is 232 g/mol. The van der Waals surface area contributed by atoms with E-state index < -0.39 is 0 Å². The van der Waals surface area contributed by atoms with Gasteiger partial charge in [-0.25, -0.2) is 4.79 Å². The first-order valence-corrected chi connectivity index (χ1v) is 6.34. The number of urea groups is 1. The van der Waals surface area contributed by atoms with Crippen molar-refractivity contribution in [3.8, 4) is 0 Å². The molecule has 2 rings (SSSR count). The third-order valence-electron chi connectivity index (χ3n) is 3.03. The van der Waals surface area contributed by atoms with Crippen LogP contribution in [0, 0.1) is 0 Å². The summed E-state index contributed by atoms with van der Waals surface area (Å²) in [7, 11) is 0. The first-order chi connectivity index (χ1) is 8.15. The van der Waals surface area contributed by atoms with Crippen molar-refractivity contribution in [1.82, 2.24) is 5.32 Å². The minimum atomic E-state index is -0.129. The largest absolute Gasteiger partial charge is 0.336 e. The van der Waals surface area contributed by atoms with E-state index in [9.17, 15) is 4.79 Å². The van der Waals surface area contributed by atoms with E-state index in [1.165, 1.54) is 30.4 Å². The minimum absolute atomic E-state index is 0.129. The van der Waals surface area contributed by atoms with Crippen LogP contribution < -0.4 is 10.6 Å². The Morgan fingerprint density at radius 2 is 1.88 bits per heavy atom. The number of aryl methyl sites for hydroxylation is 2. The van der Waals surface area contributed by atoms with Crippen LogP contribution in [0.1, 0.15) is 37.8 Å². The van der Waals surface area contributed by atoms with Crippen LogP contribution in [-0.2, 0) is 12.8 Å². The standard InChI is InChI=1S/C14H20N2O/c1-10(2)15-14(17)16-13-8-7-11-5-3-4-6-12(11)9-13/h7-10H,3-6H2,1-2H3,(H2,15,16,17). The van der Waals surface area contributed by atoms with Crippen molar-refractivity contribution >= 4 is 11.7 Å². The van der Waals surface area contributed by atoms with E-state index in [0.29, 0.717) is 0 Å². The smallest absolute Gasteiger partial charge is 0.319 e. The Bertz CT molecular complexity index is 413. The Hall–Kier alpha value is -1.51. The first kappa shape index (κ1) is 12.0. The number of rotatable bonds is 2. The zero-order chi connectivity index (χ0) is 12.3. The fourth-order valence-corrected chi connectivity index (χ4v) is 2.24. The van der Waals surface area contributed by atoms with Crippen LogP contribution in [0.3, 0.4) is 0 Å². The number of amides is 2. The zero-order valence-electron chi connectivity index (χ0n) is 10.5. The number of carbonyl (C=O) groups is 1. The Morgan fingerprint density at radius 1 is 1.18 bits per heavy atom. The Kier molecular flexibility index (Phi) is 3.67. The highest BCUT2D eigenvalue weighted by Gasteiger charge is 2.10. The molecule has 1 aliphatic carbocycles. The molecule has 0 bridgehead atoms. The fourth-order valence-electron chi connectivity index (χ4n) is 2.24. The lowest BCUT2D eigenvalue weighted by Gasteiger charge is -2.17. The van der Waals surface area contributed by atoms with E-state index >= 15 is 0 Å². The van der Waals surface area contributed by atoms with Crippen molar-refractivity contribution < 1.29 is 4.79 Å². The van der Waals surface area contributed by atoms with Gasteiger partial charge in [-0.3, -0.25) is 0 Å². The molecule has 3 nitrogen and oxygen atoms in total. The van der Waals surface area contributed by atoms with Crippen molar-refractivity contribution in [1.29, 1.82) is 0 Å². The molecule has 0 saturated carbocycles. The predicted octanol–water partition coefficient (Wildman–Crippen LogP) is 3.10. The van der Waals surface area contributed by atoms with Gasteiger partial charge in [0.15, 0.2) is 0 Å². The summed E-state index contributed by atoms with van der Waals surface area (Å²) < 4.78 is 0. The molecular weight excluding hydrogens is 212 g/mol. The first-order valence-electron chi connectivity index (χ1n) is 6.34. The van der Waals surface area contributed by atoms with Crippen LogP contribution in [0.15, 0.2) is 18.2 Å². The molecule has 1 aromatic carbocycles. The van der Waals surface area contributed by atoms with Crippen LogP contribution in [-0.4, -0.2) is 12.1 Å². The number of benzene rings is 1. The molecule has 0 aliphatic heterocycles. The molecule has 1 aliphatic rings. The summed E-state index contributed by atoms with van der Waals surface area (Å²) in [5.74, 6) is 0. The molecule has 2 amide bonds. The molecule has 0 atom stereocenters. The van der Waals surface area contributed by atoms with Gasteiger partial charge in [0.25, 0.3) is 0 Å². The zero-order valence-corrected chi connectivity index (χ0v) is 10.5. The Labute approximate surface area is 103 Å². The number of carbonyl (C=O) groups excluding carboxylic acids is 1. The highest BCUT2D eigenvalue weighted by Crippen LogP contribution is 2.24. The van der Waals surface area contributed by atoms with E-state index in [2.05, 4.69) is 22.8 Å². The molecule has 17 heavy (non-hydrogen) atoms. The summed E-state index contributed by atoms with van der Waals surface area (Å²) in [5, 5.41) is 5.69. The molecule has 0 saturated heterocycles. The van der Waals surface area contributed by atoms with Crippen molar-refractivity contribution in [3.63, 3.8) is 0 Å². The number of hydrogen-bond donors (Lipinski definition) is 2. The monoisotopic (exact) mass is 232 g/mol. The summed E-state index contributed by atoms with van der Waals surface area (Å²) in [5.41, 5.74) is 3.72. The van der Waals surface area contributed by atoms with Crippen LogP contribution in [0.2, 0.25) is 0 Å². The Morgan fingerprint density at radius 3 is 2.59 bits per heavy atom. The average Bonchev–Trinajstić information content (AvgIpc) is 2.27. The van der Waals surface area contributed by atoms with Crippen molar-refractivity contribution in [2.75, 3.05) is 5.32 Å². The van der Waals surface area contributed by atoms with Gasteiger partial charge in [0.05, 0.1) is 0 Å². The third kappa shape index (κ3) is 3.22. The van der Waals surface area contributed by atoms with Gasteiger partial charge in [0, 0.05) is 11.7 Å². The lowest BCUT2D eigenvalue weighted by Crippen LogP contribution is -2.34. The van der Waals surface area contributed by atoms with E-state index in [1.54, 1.807) is 0 Å². The van der Waals surface area contributed by atoms with E-state index in [1.807, 2.05) is 19.9 Å². The number of anilines is 1. The van der Waals surface area contributed by atoms with Gasteiger partial charge in [-0.2, -0.15) is 0 Å². The minimum Gasteiger partial charge on any atom is -0.336 e. The molecule has 3 heteroatoms. The van der Waals surface area contributed by atoms with Crippen molar-refractivity contribution in [3.05, 3.63) is 29.3 Å². The van der Waals surface area contributed by atoms with Gasteiger partial charge in [0.2, 0.25) is 0 Å². The maximum absolute atomic E-state index is 11.6. The normalized spacial score (nSPS) is 14.3. The van der Waals surface area contributed by atoms with Crippen LogP contribution in [0.25, 0.3) is 0 Å². The van der Waals surface area contributed by atoms with Crippen molar-refractivity contribution in [2.45, 2.75) is 45.6 Å². The third-order valence-corrected chi connectivity index (χ3v) is 3.03. The molecule has 0 fully saturated rings. The predicted molar refractivity (Wildman–Crippen MR) is 70.4 cm³/mol. The lowest BCUT2D eigenvalue weighted by molar-refractivity contribution is 0.250. The van der Waals surface area contributed by atoms with Gasteiger partial charge < -0.3 is 10.6 Å². The van der Waals surface area contributed by atoms with Gasteiger partial charge in [-0.1, -0.05) is 6.07 Å². The van der Waals surface area contributed by atoms with E-state index in [0.717, 1.165) is 12.1 Å². The molecule has 1 aromatic rings. The van der Waals surface area contributed by atoms with Crippen molar-refractivity contribution in [2.24, 2.45) is 0 Å². The molecular formula is C14H20N2O. The van der Waals surface area contributed by atoms with Crippen LogP contribution in [0.5, 0.6) is 0 Å². The SMILES string of the molecule is CC(C)NC(=O)Nc1ccc2c(c1)CCCC2. The number of fused-ring (bicyclic) bond motifs is 1. The molecule has 0 heterocycles. The molecule has 0 unspecified atom stereocenters. The quantitative estimate of drug-likeness (QED) is 0.808. The molecule has 0 aromatic heterocycles. The van der Waals surface area contributed by atoms with E-state index in [4.69, 9.17) is 0 Å². The lowest BCUT2D eigenvalue weighted by atomic mass is 9.91. The maximum Gasteiger partial charge on any atom is 0.319 e. The second kappa shape index (κ2) is 5.21. The molecule has 0 radical (unpaired) electrons. The van der Waals surface area contributed by atoms with Crippen LogP contribution in [0.4, 0.5) is 10.5 Å². The summed E-state index contributed by atoms with van der Waals surface area (Å²) >= 11 is 0. The Balaban J connectivity index is 2.04. The highest BCUT2D eigenvalue weighted by molar-refractivity contribution is 5.89. The van der Waals surface area contributed by atoms with E-state index in [-0.39, 0.29) is 12.1 Å². The summed E-state index contributed by atoms with van der Waals surface area (Å²) in [4.78, 5) is 11.6. The summed E-state index contributed by atoms with van der Waals surface area (Å²) in [6, 6.07) is 6.26. The fraction of sp³-hybridized carbons (Fsp3) is 0.500. The van der Waals surface area contributed by atoms with Gasteiger partial charge in [0.1, 0.15) is 0 Å². The summed E-state index contributed by atoms with van der Waals surface area (Å²) in [6.07, 6.45) is 4.85. The maximum atomic E-state index is 11.6. The second-order valence-electron chi connectivity index (χ2n) is 4.94. The second-order valence-corrected chi connectivity index (χ2v) is 4.94. The number of hydrogen-bond acceptors (Lipinski definition) is 1. The molecule has 2 N–H and O–H groups in total. The van der Waals surface area contributed by atoms with Crippen LogP contribution >= 0.6 is 0 Å². The molecule has 92 valence electrons. The summed E-state index contributed by atoms with van der Waals surface area (Å²) in [6.45, 7) is 3.90. The van der Waals surface area contributed by atoms with Gasteiger partial charge >= 0.3 is 6.03 Å². The van der Waals surface area contributed by atoms with Gasteiger partial charge in [-0.05, 0) is 62.8 Å².